The largest absolute Gasteiger partial charge is 0.478 e. The summed E-state index contributed by atoms with van der Waals surface area (Å²) in [5.41, 5.74) is -0.650. The summed E-state index contributed by atoms with van der Waals surface area (Å²) in [5, 5.41) is 8.32. The van der Waals surface area contributed by atoms with Crippen LogP contribution in [0.3, 0.4) is 0 Å². The lowest BCUT2D eigenvalue weighted by Gasteiger charge is -2.17. The summed E-state index contributed by atoms with van der Waals surface area (Å²) in [6.45, 7) is 0.787. The number of aromatic nitrogens is 1. The number of carboxylic acid groups (broad SMARTS) is 1. The number of hydrogen-bond donors (Lipinski definition) is 1. The first-order valence-electron chi connectivity index (χ1n) is 6.78. The third kappa shape index (κ3) is 4.67. The Kier molecular flexibility index (Phi) is 5.82. The molecule has 0 bridgehead atoms. The van der Waals surface area contributed by atoms with Crippen molar-refractivity contribution in [3.8, 4) is 17.4 Å². The van der Waals surface area contributed by atoms with Gasteiger partial charge in [-0.3, -0.25) is 0 Å². The Bertz CT molecular complexity index is 845. The zero-order valence-electron chi connectivity index (χ0n) is 12.8. The van der Waals surface area contributed by atoms with Crippen LogP contribution < -0.4 is 9.47 Å². The fourth-order valence-electron chi connectivity index (χ4n) is 1.68. The number of aromatic carboxylic acids is 1. The molecule has 11 heteroatoms. The third-order valence-electron chi connectivity index (χ3n) is 3.01. The van der Waals surface area contributed by atoms with Crippen LogP contribution in [0.2, 0.25) is 10.0 Å². The second kappa shape index (κ2) is 7.55. The SMILES string of the molecule is CC(Oc1ncc(Oc2cc(F)c(C(=O)O)cc2Cl)cc1Cl)C(F)(F)F. The number of hydrogen-bond acceptors (Lipinski definition) is 4. The van der Waals surface area contributed by atoms with E-state index in [2.05, 4.69) is 9.72 Å². The van der Waals surface area contributed by atoms with Gasteiger partial charge in [-0.2, -0.15) is 13.2 Å². The van der Waals surface area contributed by atoms with Crippen LogP contribution >= 0.6 is 23.2 Å². The first-order chi connectivity index (χ1) is 12.0. The van der Waals surface area contributed by atoms with E-state index < -0.39 is 35.5 Å². The molecule has 0 fully saturated rings. The van der Waals surface area contributed by atoms with E-state index in [1.54, 1.807) is 0 Å². The van der Waals surface area contributed by atoms with Crippen LogP contribution in [0, 0.1) is 5.82 Å². The van der Waals surface area contributed by atoms with E-state index in [-0.39, 0.29) is 21.5 Å². The zero-order chi connectivity index (χ0) is 19.6. The monoisotopic (exact) mass is 413 g/mol. The van der Waals surface area contributed by atoms with E-state index in [0.717, 1.165) is 31.3 Å². The van der Waals surface area contributed by atoms with Gasteiger partial charge in [0.25, 0.3) is 0 Å². The van der Waals surface area contributed by atoms with Crippen LogP contribution in [0.15, 0.2) is 24.4 Å². The zero-order valence-corrected chi connectivity index (χ0v) is 14.3. The van der Waals surface area contributed by atoms with Crippen molar-refractivity contribution in [1.82, 2.24) is 4.98 Å². The lowest BCUT2D eigenvalue weighted by atomic mass is 10.2. The van der Waals surface area contributed by atoms with Crippen molar-refractivity contribution in [2.75, 3.05) is 0 Å². The molecular weight excluding hydrogens is 405 g/mol. The van der Waals surface area contributed by atoms with Crippen LogP contribution in [0.1, 0.15) is 17.3 Å². The lowest BCUT2D eigenvalue weighted by molar-refractivity contribution is -0.189. The molecule has 1 N–H and O–H groups in total. The van der Waals surface area contributed by atoms with E-state index in [4.69, 9.17) is 33.0 Å². The highest BCUT2D eigenvalue weighted by atomic mass is 35.5. The number of rotatable bonds is 5. The molecule has 0 radical (unpaired) electrons. The molecule has 0 aliphatic heterocycles. The highest BCUT2D eigenvalue weighted by Gasteiger charge is 2.38. The summed E-state index contributed by atoms with van der Waals surface area (Å²) < 4.78 is 61.0. The van der Waals surface area contributed by atoms with Crippen molar-refractivity contribution in [2.45, 2.75) is 19.2 Å². The Labute approximate surface area is 154 Å². The van der Waals surface area contributed by atoms with Gasteiger partial charge < -0.3 is 14.6 Å². The molecule has 0 spiro atoms. The molecule has 0 aliphatic carbocycles. The minimum atomic E-state index is -4.60. The third-order valence-corrected chi connectivity index (χ3v) is 3.58. The van der Waals surface area contributed by atoms with Crippen molar-refractivity contribution < 1.29 is 36.9 Å². The molecule has 0 saturated carbocycles. The Morgan fingerprint density at radius 3 is 2.42 bits per heavy atom. The molecule has 1 atom stereocenters. The van der Waals surface area contributed by atoms with Crippen LogP contribution in [0.5, 0.6) is 17.4 Å². The Morgan fingerprint density at radius 2 is 1.88 bits per heavy atom. The molecule has 1 heterocycles. The molecule has 2 aromatic rings. The van der Waals surface area contributed by atoms with Crippen molar-refractivity contribution in [1.29, 1.82) is 0 Å². The molecule has 26 heavy (non-hydrogen) atoms. The predicted molar refractivity (Wildman–Crippen MR) is 83.8 cm³/mol. The highest BCUT2D eigenvalue weighted by Crippen LogP contribution is 2.35. The van der Waals surface area contributed by atoms with Crippen molar-refractivity contribution in [3.63, 3.8) is 0 Å². The molecule has 1 aromatic carbocycles. The molecule has 0 aliphatic rings. The second-order valence-corrected chi connectivity index (χ2v) is 5.74. The molecule has 0 amide bonds. The number of ether oxygens (including phenoxy) is 2. The first kappa shape index (κ1) is 20.1. The van der Waals surface area contributed by atoms with Gasteiger partial charge in [0.15, 0.2) is 6.10 Å². The number of carbonyl (C=O) groups is 1. The fourth-order valence-corrected chi connectivity index (χ4v) is 2.09. The van der Waals surface area contributed by atoms with Gasteiger partial charge >= 0.3 is 12.1 Å². The van der Waals surface area contributed by atoms with E-state index in [0.29, 0.717) is 0 Å². The van der Waals surface area contributed by atoms with Gasteiger partial charge in [0, 0.05) is 12.1 Å². The van der Waals surface area contributed by atoms with Gasteiger partial charge in [-0.1, -0.05) is 23.2 Å². The standard InChI is InChI=1S/C15H9Cl2F4NO4/c1-6(15(19,20)21)25-13-10(17)2-7(5-22-13)26-12-4-11(18)8(14(23)24)3-9(12)16/h2-6H,1H3,(H,23,24). The maximum absolute atomic E-state index is 13.7. The van der Waals surface area contributed by atoms with E-state index >= 15 is 0 Å². The lowest BCUT2D eigenvalue weighted by Crippen LogP contribution is -2.31. The van der Waals surface area contributed by atoms with E-state index in [9.17, 15) is 22.4 Å². The summed E-state index contributed by atoms with van der Waals surface area (Å²) in [6.07, 6.45) is -5.74. The van der Waals surface area contributed by atoms with Gasteiger partial charge in [-0.25, -0.2) is 14.2 Å². The van der Waals surface area contributed by atoms with Crippen molar-refractivity contribution >= 4 is 29.2 Å². The number of benzene rings is 1. The van der Waals surface area contributed by atoms with Crippen molar-refractivity contribution in [2.24, 2.45) is 0 Å². The van der Waals surface area contributed by atoms with E-state index in [1.807, 2.05) is 0 Å². The van der Waals surface area contributed by atoms with Crippen LogP contribution in [-0.4, -0.2) is 28.3 Å². The quantitative estimate of drug-likeness (QED) is 0.669. The molecular formula is C15H9Cl2F4NO4. The van der Waals surface area contributed by atoms with Gasteiger partial charge in [0.1, 0.15) is 22.3 Å². The summed E-state index contributed by atoms with van der Waals surface area (Å²) in [5.74, 6) is -3.38. The summed E-state index contributed by atoms with van der Waals surface area (Å²) in [7, 11) is 0. The fraction of sp³-hybridized carbons (Fsp3) is 0.200. The van der Waals surface area contributed by atoms with E-state index in [1.165, 1.54) is 0 Å². The van der Waals surface area contributed by atoms with Crippen LogP contribution in [0.4, 0.5) is 17.6 Å². The Balaban J connectivity index is 2.23. The number of alkyl halides is 3. The average Bonchev–Trinajstić information content (AvgIpc) is 2.51. The topological polar surface area (TPSA) is 68.7 Å². The summed E-state index contributed by atoms with van der Waals surface area (Å²) in [6, 6.07) is 2.69. The maximum atomic E-state index is 13.7. The molecule has 1 unspecified atom stereocenters. The number of pyridine rings is 1. The Hall–Kier alpha value is -2.26. The first-order valence-corrected chi connectivity index (χ1v) is 7.53. The van der Waals surface area contributed by atoms with Gasteiger partial charge in [-0.15, -0.1) is 0 Å². The predicted octanol–water partition coefficient (Wildman–Crippen LogP) is 5.35. The minimum Gasteiger partial charge on any atom is -0.478 e. The van der Waals surface area contributed by atoms with Gasteiger partial charge in [-0.05, 0) is 13.0 Å². The molecule has 0 saturated heterocycles. The number of nitrogens with zero attached hydrogens (tertiary/aromatic N) is 1. The maximum Gasteiger partial charge on any atom is 0.425 e. The van der Waals surface area contributed by atoms with Crippen LogP contribution in [0.25, 0.3) is 0 Å². The highest BCUT2D eigenvalue weighted by molar-refractivity contribution is 6.32. The normalized spacial score (nSPS) is 12.6. The molecule has 2 rings (SSSR count). The van der Waals surface area contributed by atoms with Crippen LogP contribution in [-0.2, 0) is 0 Å². The molecule has 140 valence electrons. The number of halogens is 6. The smallest absolute Gasteiger partial charge is 0.425 e. The minimum absolute atomic E-state index is 0.0774. The molecule has 1 aromatic heterocycles. The second-order valence-electron chi connectivity index (χ2n) is 4.93. The molecule has 5 nitrogen and oxygen atoms in total. The Morgan fingerprint density at radius 1 is 1.23 bits per heavy atom. The van der Waals surface area contributed by atoms with Gasteiger partial charge in [0.05, 0.1) is 16.8 Å². The van der Waals surface area contributed by atoms with Crippen molar-refractivity contribution in [3.05, 3.63) is 45.8 Å². The summed E-state index contributed by atoms with van der Waals surface area (Å²) in [4.78, 5) is 14.4. The summed E-state index contributed by atoms with van der Waals surface area (Å²) >= 11 is 11.6. The number of carboxylic acids is 1. The average molecular weight is 414 g/mol. The van der Waals surface area contributed by atoms with Gasteiger partial charge in [0.2, 0.25) is 5.88 Å².